The van der Waals surface area contributed by atoms with E-state index in [1.165, 1.54) is 19.6 Å². The van der Waals surface area contributed by atoms with Crippen molar-refractivity contribution in [2.24, 2.45) is 0 Å². The van der Waals surface area contributed by atoms with Crippen LogP contribution in [-0.4, -0.2) is 33.9 Å². The van der Waals surface area contributed by atoms with E-state index in [4.69, 9.17) is 0 Å². The second-order valence-corrected chi connectivity index (χ2v) is 4.52. The Morgan fingerprint density at radius 3 is 2.64 bits per heavy atom. The van der Waals surface area contributed by atoms with Gasteiger partial charge < -0.3 is 15.0 Å². The summed E-state index contributed by atoms with van der Waals surface area (Å²) >= 11 is 0. The first-order valence-corrected chi connectivity index (χ1v) is 6.46. The number of esters is 1. The number of rotatable bonds is 3. The summed E-state index contributed by atoms with van der Waals surface area (Å²) in [4.78, 5) is 34.5. The Morgan fingerprint density at radius 2 is 1.91 bits per heavy atom. The highest BCUT2D eigenvalue weighted by atomic mass is 16.5. The van der Waals surface area contributed by atoms with Crippen LogP contribution in [0.5, 0.6) is 0 Å². The summed E-state index contributed by atoms with van der Waals surface area (Å²) in [5, 5.41) is 2.73. The van der Waals surface area contributed by atoms with Crippen molar-refractivity contribution in [3.8, 4) is 0 Å². The number of hydrogen-bond donors (Lipinski definition) is 2. The van der Waals surface area contributed by atoms with Gasteiger partial charge in [-0.3, -0.25) is 4.79 Å². The Balaban J connectivity index is 1.77. The highest BCUT2D eigenvalue weighted by molar-refractivity contribution is 6.05. The minimum Gasteiger partial charge on any atom is -0.465 e. The Labute approximate surface area is 125 Å². The van der Waals surface area contributed by atoms with Crippen molar-refractivity contribution < 1.29 is 14.3 Å². The molecule has 0 atom stereocenters. The number of imidazole rings is 1. The van der Waals surface area contributed by atoms with Crippen molar-refractivity contribution in [1.82, 2.24) is 15.0 Å². The third-order valence-corrected chi connectivity index (χ3v) is 3.10. The number of nitrogens with zero attached hydrogens (tertiary/aromatic N) is 2. The molecule has 2 aromatic heterocycles. The summed E-state index contributed by atoms with van der Waals surface area (Å²) in [6.45, 7) is 0. The number of methoxy groups -OCH3 is 1. The van der Waals surface area contributed by atoms with E-state index in [9.17, 15) is 9.59 Å². The van der Waals surface area contributed by atoms with Gasteiger partial charge in [0, 0.05) is 11.9 Å². The number of nitrogens with one attached hydrogen (secondary N) is 2. The predicted molar refractivity (Wildman–Crippen MR) is 79.6 cm³/mol. The van der Waals surface area contributed by atoms with Crippen LogP contribution in [0, 0.1) is 0 Å². The van der Waals surface area contributed by atoms with Gasteiger partial charge in [0.25, 0.3) is 5.91 Å². The average molecular weight is 296 g/mol. The van der Waals surface area contributed by atoms with E-state index in [0.29, 0.717) is 28.0 Å². The van der Waals surface area contributed by atoms with Crippen LogP contribution >= 0.6 is 0 Å². The third-order valence-electron chi connectivity index (χ3n) is 3.10. The van der Waals surface area contributed by atoms with E-state index in [2.05, 4.69) is 25.0 Å². The maximum Gasteiger partial charge on any atom is 0.337 e. The standard InChI is InChI=1S/C15H12N4O3/c1-22-15(21)9-2-4-11(5-3-9)19-14(20)10-6-12-13(16-7-10)18-8-17-12/h2-8H,1H3,(H,19,20)(H,16,17,18). The number of amides is 1. The summed E-state index contributed by atoms with van der Waals surface area (Å²) in [6, 6.07) is 8.10. The number of carbonyl (C=O) groups is 2. The van der Waals surface area contributed by atoms with E-state index >= 15 is 0 Å². The van der Waals surface area contributed by atoms with Crippen LogP contribution in [0.25, 0.3) is 11.2 Å². The molecule has 2 heterocycles. The van der Waals surface area contributed by atoms with Crippen molar-refractivity contribution >= 4 is 28.7 Å². The number of aromatic nitrogens is 3. The van der Waals surface area contributed by atoms with E-state index in [-0.39, 0.29) is 5.91 Å². The fourth-order valence-electron chi connectivity index (χ4n) is 1.96. The molecular weight excluding hydrogens is 284 g/mol. The van der Waals surface area contributed by atoms with Crippen LogP contribution < -0.4 is 5.32 Å². The zero-order chi connectivity index (χ0) is 15.5. The smallest absolute Gasteiger partial charge is 0.337 e. The van der Waals surface area contributed by atoms with Crippen molar-refractivity contribution in [3.05, 3.63) is 54.0 Å². The summed E-state index contributed by atoms with van der Waals surface area (Å²) in [5.74, 6) is -0.721. The molecule has 1 aromatic carbocycles. The Hall–Kier alpha value is -3.22. The molecule has 0 unspecified atom stereocenters. The highest BCUT2D eigenvalue weighted by Crippen LogP contribution is 2.13. The first-order valence-electron chi connectivity index (χ1n) is 6.46. The molecule has 0 aliphatic rings. The zero-order valence-corrected chi connectivity index (χ0v) is 11.7. The lowest BCUT2D eigenvalue weighted by atomic mass is 10.2. The van der Waals surface area contributed by atoms with E-state index in [0.717, 1.165) is 0 Å². The summed E-state index contributed by atoms with van der Waals surface area (Å²) < 4.78 is 4.62. The number of benzene rings is 1. The largest absolute Gasteiger partial charge is 0.465 e. The molecule has 110 valence electrons. The first kappa shape index (κ1) is 13.7. The van der Waals surface area contributed by atoms with Gasteiger partial charge in [0.05, 0.1) is 30.1 Å². The molecule has 1 amide bonds. The number of hydrogen-bond acceptors (Lipinski definition) is 5. The number of pyridine rings is 1. The van der Waals surface area contributed by atoms with Crippen LogP contribution in [0.4, 0.5) is 5.69 Å². The molecular formula is C15H12N4O3. The maximum atomic E-state index is 12.2. The highest BCUT2D eigenvalue weighted by Gasteiger charge is 2.10. The molecule has 0 saturated carbocycles. The SMILES string of the molecule is COC(=O)c1ccc(NC(=O)c2cnc3nc[nH]c3c2)cc1. The van der Waals surface area contributed by atoms with Crippen LogP contribution in [-0.2, 0) is 4.74 Å². The van der Waals surface area contributed by atoms with E-state index in [1.54, 1.807) is 30.3 Å². The molecule has 3 rings (SSSR count). The van der Waals surface area contributed by atoms with E-state index in [1.807, 2.05) is 0 Å². The average Bonchev–Trinajstić information content (AvgIpc) is 3.02. The minimum absolute atomic E-state index is 0.296. The number of ether oxygens (including phenoxy) is 1. The second kappa shape index (κ2) is 5.65. The maximum absolute atomic E-state index is 12.2. The molecule has 0 aliphatic carbocycles. The molecule has 0 aliphatic heterocycles. The van der Waals surface area contributed by atoms with Crippen molar-refractivity contribution in [2.75, 3.05) is 12.4 Å². The fraction of sp³-hybridized carbons (Fsp3) is 0.0667. The normalized spacial score (nSPS) is 10.4. The summed E-state index contributed by atoms with van der Waals surface area (Å²) in [6.07, 6.45) is 2.98. The number of anilines is 1. The lowest BCUT2D eigenvalue weighted by Crippen LogP contribution is -2.12. The molecule has 0 saturated heterocycles. The van der Waals surface area contributed by atoms with Crippen molar-refractivity contribution in [3.63, 3.8) is 0 Å². The van der Waals surface area contributed by atoms with Crippen LogP contribution in [0.2, 0.25) is 0 Å². The van der Waals surface area contributed by atoms with Gasteiger partial charge in [-0.25, -0.2) is 14.8 Å². The Morgan fingerprint density at radius 1 is 1.14 bits per heavy atom. The molecule has 0 radical (unpaired) electrons. The van der Waals surface area contributed by atoms with Gasteiger partial charge >= 0.3 is 5.97 Å². The Bertz CT molecular complexity index is 839. The van der Waals surface area contributed by atoms with Crippen LogP contribution in [0.15, 0.2) is 42.9 Å². The van der Waals surface area contributed by atoms with Gasteiger partial charge in [0.1, 0.15) is 0 Å². The lowest BCUT2D eigenvalue weighted by Gasteiger charge is -2.06. The molecule has 7 nitrogen and oxygen atoms in total. The number of fused-ring (bicyclic) bond motifs is 1. The molecule has 0 bridgehead atoms. The van der Waals surface area contributed by atoms with Gasteiger partial charge in [0.2, 0.25) is 0 Å². The van der Waals surface area contributed by atoms with Crippen LogP contribution in [0.3, 0.4) is 0 Å². The molecule has 2 N–H and O–H groups in total. The molecule has 7 heteroatoms. The van der Waals surface area contributed by atoms with Gasteiger partial charge in [0.15, 0.2) is 5.65 Å². The number of carbonyl (C=O) groups excluding carboxylic acids is 2. The predicted octanol–water partition coefficient (Wildman–Crippen LogP) is 2.00. The van der Waals surface area contributed by atoms with Gasteiger partial charge in [-0.05, 0) is 30.3 Å². The van der Waals surface area contributed by atoms with Crippen molar-refractivity contribution in [1.29, 1.82) is 0 Å². The molecule has 0 fully saturated rings. The molecule has 0 spiro atoms. The summed E-state index contributed by atoms with van der Waals surface area (Å²) in [5.41, 5.74) is 2.64. The van der Waals surface area contributed by atoms with Gasteiger partial charge in [-0.1, -0.05) is 0 Å². The zero-order valence-electron chi connectivity index (χ0n) is 11.7. The molecule has 22 heavy (non-hydrogen) atoms. The third kappa shape index (κ3) is 2.64. The minimum atomic E-state index is -0.424. The van der Waals surface area contributed by atoms with E-state index < -0.39 is 5.97 Å². The van der Waals surface area contributed by atoms with Crippen LogP contribution in [0.1, 0.15) is 20.7 Å². The van der Waals surface area contributed by atoms with Crippen molar-refractivity contribution in [2.45, 2.75) is 0 Å². The second-order valence-electron chi connectivity index (χ2n) is 4.52. The number of aromatic amines is 1. The monoisotopic (exact) mass is 296 g/mol. The number of H-pyrrole nitrogens is 1. The topological polar surface area (TPSA) is 97.0 Å². The lowest BCUT2D eigenvalue weighted by molar-refractivity contribution is 0.0600. The first-order chi connectivity index (χ1) is 10.7. The van der Waals surface area contributed by atoms with Gasteiger partial charge in [-0.15, -0.1) is 0 Å². The van der Waals surface area contributed by atoms with Gasteiger partial charge in [-0.2, -0.15) is 0 Å². The Kier molecular flexibility index (Phi) is 3.53. The molecule has 3 aromatic rings. The summed E-state index contributed by atoms with van der Waals surface area (Å²) in [7, 11) is 1.32. The fourth-order valence-corrected chi connectivity index (χ4v) is 1.96. The quantitative estimate of drug-likeness (QED) is 0.720.